The van der Waals surface area contributed by atoms with Gasteiger partial charge >= 0.3 is 5.97 Å². The summed E-state index contributed by atoms with van der Waals surface area (Å²) in [6.07, 6.45) is 1.95. The summed E-state index contributed by atoms with van der Waals surface area (Å²) in [4.78, 5) is 13.3. The number of ether oxygens (including phenoxy) is 1. The number of methoxy groups -OCH3 is 1. The first-order chi connectivity index (χ1) is 10.1. The molecule has 2 aromatic rings. The molecule has 4 nitrogen and oxygen atoms in total. The SMILES string of the molecule is COC(=O)c1occc1CN1CCc2cc(F)cc(F)c21. The van der Waals surface area contributed by atoms with Crippen molar-refractivity contribution in [2.24, 2.45) is 0 Å². The average Bonchev–Trinajstić information content (AvgIpc) is 3.05. The van der Waals surface area contributed by atoms with E-state index in [2.05, 4.69) is 4.74 Å². The van der Waals surface area contributed by atoms with Crippen LogP contribution in [0.4, 0.5) is 14.5 Å². The lowest BCUT2D eigenvalue weighted by molar-refractivity contribution is 0.0563. The van der Waals surface area contributed by atoms with Gasteiger partial charge in [-0.15, -0.1) is 0 Å². The first kappa shape index (κ1) is 13.6. The van der Waals surface area contributed by atoms with Gasteiger partial charge in [-0.3, -0.25) is 0 Å². The smallest absolute Gasteiger partial charge is 0.374 e. The van der Waals surface area contributed by atoms with Crippen LogP contribution >= 0.6 is 0 Å². The van der Waals surface area contributed by atoms with Crippen LogP contribution in [-0.4, -0.2) is 19.6 Å². The van der Waals surface area contributed by atoms with Crippen LogP contribution in [0.1, 0.15) is 21.7 Å². The maximum Gasteiger partial charge on any atom is 0.374 e. The highest BCUT2D eigenvalue weighted by Crippen LogP contribution is 2.33. The molecule has 0 spiro atoms. The van der Waals surface area contributed by atoms with Crippen LogP contribution in [0.2, 0.25) is 0 Å². The number of rotatable bonds is 3. The normalized spacial score (nSPS) is 13.4. The van der Waals surface area contributed by atoms with Gasteiger partial charge < -0.3 is 14.1 Å². The summed E-state index contributed by atoms with van der Waals surface area (Å²) in [6, 6.07) is 3.86. The molecule has 0 radical (unpaired) electrons. The summed E-state index contributed by atoms with van der Waals surface area (Å²) in [6.45, 7) is 0.859. The molecule has 1 aliphatic rings. The molecule has 0 bridgehead atoms. The zero-order valence-corrected chi connectivity index (χ0v) is 11.4. The Balaban J connectivity index is 1.90. The molecule has 0 amide bonds. The van der Waals surface area contributed by atoms with E-state index in [1.54, 1.807) is 11.0 Å². The van der Waals surface area contributed by atoms with E-state index in [1.807, 2.05) is 0 Å². The van der Waals surface area contributed by atoms with E-state index in [0.717, 1.165) is 6.07 Å². The number of carbonyl (C=O) groups is 1. The molecule has 6 heteroatoms. The summed E-state index contributed by atoms with van der Waals surface area (Å²) in [5, 5.41) is 0. The van der Waals surface area contributed by atoms with Gasteiger partial charge in [0.2, 0.25) is 5.76 Å². The Morgan fingerprint density at radius 1 is 1.43 bits per heavy atom. The minimum absolute atomic E-state index is 0.105. The molecule has 110 valence electrons. The predicted molar refractivity (Wildman–Crippen MR) is 71.2 cm³/mol. The monoisotopic (exact) mass is 293 g/mol. The van der Waals surface area contributed by atoms with Crippen molar-refractivity contribution < 1.29 is 22.7 Å². The van der Waals surface area contributed by atoms with Gasteiger partial charge in [0, 0.05) is 24.7 Å². The topological polar surface area (TPSA) is 42.7 Å². The zero-order chi connectivity index (χ0) is 15.0. The van der Waals surface area contributed by atoms with Crippen LogP contribution in [0, 0.1) is 11.6 Å². The number of furan rings is 1. The first-order valence-corrected chi connectivity index (χ1v) is 6.47. The van der Waals surface area contributed by atoms with Crippen molar-refractivity contribution >= 4 is 11.7 Å². The van der Waals surface area contributed by atoms with Crippen molar-refractivity contribution in [3.8, 4) is 0 Å². The summed E-state index contributed by atoms with van der Waals surface area (Å²) in [5.74, 6) is -1.64. The number of hydrogen-bond donors (Lipinski definition) is 0. The molecule has 1 aromatic carbocycles. The second-order valence-electron chi connectivity index (χ2n) is 4.83. The van der Waals surface area contributed by atoms with Crippen LogP contribution in [0.25, 0.3) is 0 Å². The highest BCUT2D eigenvalue weighted by Gasteiger charge is 2.26. The van der Waals surface area contributed by atoms with Crippen molar-refractivity contribution in [1.82, 2.24) is 0 Å². The molecule has 3 rings (SSSR count). The van der Waals surface area contributed by atoms with Crippen LogP contribution < -0.4 is 4.90 Å². The number of benzene rings is 1. The molecular formula is C15H13F2NO3. The second-order valence-corrected chi connectivity index (χ2v) is 4.83. The predicted octanol–water partition coefficient (Wildman–Crippen LogP) is 2.91. The minimum atomic E-state index is -0.592. The number of halogens is 2. The minimum Gasteiger partial charge on any atom is -0.463 e. The number of hydrogen-bond acceptors (Lipinski definition) is 4. The highest BCUT2D eigenvalue weighted by molar-refractivity contribution is 5.88. The molecule has 0 aliphatic carbocycles. The standard InChI is InChI=1S/C15H13F2NO3/c1-20-15(19)14-10(3-5-21-14)8-18-4-2-9-6-11(16)7-12(17)13(9)18/h3,5-7H,2,4,8H2,1H3. The molecule has 21 heavy (non-hydrogen) atoms. The number of carbonyl (C=O) groups excluding carboxylic acids is 1. The van der Waals surface area contributed by atoms with E-state index >= 15 is 0 Å². The van der Waals surface area contributed by atoms with Crippen molar-refractivity contribution in [2.75, 3.05) is 18.6 Å². The van der Waals surface area contributed by atoms with Crippen LogP contribution in [-0.2, 0) is 17.7 Å². The molecular weight excluding hydrogens is 280 g/mol. The first-order valence-electron chi connectivity index (χ1n) is 6.47. The Kier molecular flexibility index (Phi) is 3.37. The number of nitrogens with zero attached hydrogens (tertiary/aromatic N) is 1. The summed E-state index contributed by atoms with van der Waals surface area (Å²) < 4.78 is 36.9. The third kappa shape index (κ3) is 2.37. The molecule has 0 unspecified atom stereocenters. The van der Waals surface area contributed by atoms with E-state index in [-0.39, 0.29) is 5.76 Å². The molecule has 0 N–H and O–H groups in total. The Labute approximate surface area is 119 Å². The van der Waals surface area contributed by atoms with Crippen molar-refractivity contribution in [2.45, 2.75) is 13.0 Å². The molecule has 0 saturated heterocycles. The zero-order valence-electron chi connectivity index (χ0n) is 11.4. The summed E-state index contributed by atoms with van der Waals surface area (Å²) >= 11 is 0. The maximum absolute atomic E-state index is 14.0. The lowest BCUT2D eigenvalue weighted by Gasteiger charge is -2.19. The van der Waals surface area contributed by atoms with Crippen LogP contribution in [0.15, 0.2) is 28.9 Å². The maximum atomic E-state index is 14.0. The number of anilines is 1. The Hall–Kier alpha value is -2.37. The quantitative estimate of drug-likeness (QED) is 0.816. The van der Waals surface area contributed by atoms with E-state index in [9.17, 15) is 13.6 Å². The van der Waals surface area contributed by atoms with E-state index in [0.29, 0.717) is 36.3 Å². The highest BCUT2D eigenvalue weighted by atomic mass is 19.1. The van der Waals surface area contributed by atoms with Gasteiger partial charge in [-0.2, -0.15) is 0 Å². The van der Waals surface area contributed by atoms with Gasteiger partial charge in [-0.05, 0) is 24.1 Å². The molecule has 0 atom stereocenters. The molecule has 1 aromatic heterocycles. The fourth-order valence-corrected chi connectivity index (χ4v) is 2.63. The van der Waals surface area contributed by atoms with E-state index in [4.69, 9.17) is 4.42 Å². The Morgan fingerprint density at radius 2 is 2.24 bits per heavy atom. The van der Waals surface area contributed by atoms with Crippen molar-refractivity contribution in [3.63, 3.8) is 0 Å². The van der Waals surface area contributed by atoms with Gasteiger partial charge in [0.15, 0.2) is 0 Å². The molecule has 1 aliphatic heterocycles. The van der Waals surface area contributed by atoms with Gasteiger partial charge in [-0.25, -0.2) is 13.6 Å². The molecule has 2 heterocycles. The number of esters is 1. The average molecular weight is 293 g/mol. The Morgan fingerprint density at radius 3 is 3.00 bits per heavy atom. The molecule has 0 fully saturated rings. The Bertz CT molecular complexity index is 696. The van der Waals surface area contributed by atoms with Crippen LogP contribution in [0.3, 0.4) is 0 Å². The van der Waals surface area contributed by atoms with E-state index < -0.39 is 17.6 Å². The van der Waals surface area contributed by atoms with Gasteiger partial charge in [0.1, 0.15) is 11.6 Å². The lowest BCUT2D eigenvalue weighted by atomic mass is 10.1. The molecule has 0 saturated carbocycles. The fourth-order valence-electron chi connectivity index (χ4n) is 2.63. The largest absolute Gasteiger partial charge is 0.463 e. The van der Waals surface area contributed by atoms with E-state index in [1.165, 1.54) is 19.4 Å². The summed E-state index contributed by atoms with van der Waals surface area (Å²) in [7, 11) is 1.27. The van der Waals surface area contributed by atoms with Gasteiger partial charge in [0.05, 0.1) is 19.1 Å². The lowest BCUT2D eigenvalue weighted by Crippen LogP contribution is -2.21. The second kappa shape index (κ2) is 5.20. The van der Waals surface area contributed by atoms with Gasteiger partial charge in [-0.1, -0.05) is 0 Å². The van der Waals surface area contributed by atoms with Gasteiger partial charge in [0.25, 0.3) is 0 Å². The van der Waals surface area contributed by atoms with Crippen molar-refractivity contribution in [1.29, 1.82) is 0 Å². The number of fused-ring (bicyclic) bond motifs is 1. The third-order valence-corrected chi connectivity index (χ3v) is 3.55. The van der Waals surface area contributed by atoms with Crippen molar-refractivity contribution in [3.05, 3.63) is 53.0 Å². The summed E-state index contributed by atoms with van der Waals surface area (Å²) in [5.41, 5.74) is 1.63. The fraction of sp³-hybridized carbons (Fsp3) is 0.267. The third-order valence-electron chi connectivity index (χ3n) is 3.55. The van der Waals surface area contributed by atoms with Crippen LogP contribution in [0.5, 0.6) is 0 Å².